The van der Waals surface area contributed by atoms with Gasteiger partial charge in [0.1, 0.15) is 0 Å². The van der Waals surface area contributed by atoms with E-state index in [0.717, 1.165) is 6.42 Å². The van der Waals surface area contributed by atoms with Crippen LogP contribution in [0.3, 0.4) is 0 Å². The van der Waals surface area contributed by atoms with Gasteiger partial charge in [-0.1, -0.05) is 0 Å². The zero-order valence-corrected chi connectivity index (χ0v) is 8.58. The first-order chi connectivity index (χ1) is 6.65. The van der Waals surface area contributed by atoms with Crippen LogP contribution in [0.15, 0.2) is 11.8 Å². The molecular formula is C10H15NO3. The van der Waals surface area contributed by atoms with Crippen LogP contribution in [0.5, 0.6) is 0 Å². The van der Waals surface area contributed by atoms with Gasteiger partial charge in [-0.2, -0.15) is 0 Å². The van der Waals surface area contributed by atoms with E-state index in [9.17, 15) is 9.59 Å². The number of hydrogen-bond donors (Lipinski definition) is 0. The molecule has 0 unspecified atom stereocenters. The highest BCUT2D eigenvalue weighted by Crippen LogP contribution is 2.11. The van der Waals surface area contributed by atoms with Crippen molar-refractivity contribution in [3.05, 3.63) is 11.8 Å². The molecule has 1 rings (SSSR count). The monoisotopic (exact) mass is 197 g/mol. The molecule has 0 bridgehead atoms. The molecule has 0 aromatic heterocycles. The number of rotatable bonds is 3. The highest BCUT2D eigenvalue weighted by Gasteiger charge is 2.19. The first kappa shape index (κ1) is 10.8. The quantitative estimate of drug-likeness (QED) is 0.502. The fraction of sp³-hybridized carbons (Fsp3) is 0.600. The summed E-state index contributed by atoms with van der Waals surface area (Å²) in [6, 6.07) is 0. The molecule has 78 valence electrons. The molecule has 1 aliphatic rings. The van der Waals surface area contributed by atoms with Crippen LogP contribution < -0.4 is 0 Å². The first-order valence-corrected chi connectivity index (χ1v) is 4.80. The van der Waals surface area contributed by atoms with Crippen molar-refractivity contribution in [1.82, 2.24) is 4.90 Å². The fourth-order valence-corrected chi connectivity index (χ4v) is 1.34. The molecule has 1 heterocycles. The number of amides is 1. The van der Waals surface area contributed by atoms with E-state index in [2.05, 4.69) is 0 Å². The molecular weight excluding hydrogens is 182 g/mol. The highest BCUT2D eigenvalue weighted by molar-refractivity contribution is 5.89. The van der Waals surface area contributed by atoms with E-state index < -0.39 is 0 Å². The lowest BCUT2D eigenvalue weighted by atomic mass is 10.3. The van der Waals surface area contributed by atoms with Crippen molar-refractivity contribution in [2.45, 2.75) is 26.7 Å². The standard InChI is InChI=1S/C10H15NO3/c1-3-14-10(13)8(2)7-11-6-4-5-9(11)12/h7H,3-6H2,1-2H3. The molecule has 0 radical (unpaired) electrons. The predicted molar refractivity (Wildman–Crippen MR) is 51.3 cm³/mol. The Morgan fingerprint density at radius 1 is 1.64 bits per heavy atom. The molecule has 0 atom stereocenters. The maximum atomic E-state index is 11.2. The van der Waals surface area contributed by atoms with Crippen molar-refractivity contribution >= 4 is 11.9 Å². The minimum Gasteiger partial charge on any atom is -0.463 e. The average molecular weight is 197 g/mol. The smallest absolute Gasteiger partial charge is 0.335 e. The fourth-order valence-electron chi connectivity index (χ4n) is 1.34. The van der Waals surface area contributed by atoms with Crippen molar-refractivity contribution in [2.24, 2.45) is 0 Å². The minimum atomic E-state index is -0.354. The summed E-state index contributed by atoms with van der Waals surface area (Å²) in [5.74, 6) is -0.277. The second-order valence-corrected chi connectivity index (χ2v) is 3.22. The van der Waals surface area contributed by atoms with Crippen molar-refractivity contribution in [3.8, 4) is 0 Å². The van der Waals surface area contributed by atoms with Gasteiger partial charge in [-0.3, -0.25) is 4.79 Å². The number of carbonyl (C=O) groups is 2. The largest absolute Gasteiger partial charge is 0.463 e. The molecule has 0 spiro atoms. The van der Waals surface area contributed by atoms with Gasteiger partial charge in [0, 0.05) is 19.2 Å². The maximum absolute atomic E-state index is 11.2. The Morgan fingerprint density at radius 2 is 2.36 bits per heavy atom. The molecule has 0 aromatic rings. The van der Waals surface area contributed by atoms with Crippen molar-refractivity contribution in [3.63, 3.8) is 0 Å². The molecule has 14 heavy (non-hydrogen) atoms. The number of nitrogens with zero attached hydrogens (tertiary/aromatic N) is 1. The SMILES string of the molecule is CCOC(=O)C(C)=CN1CCCC1=O. The summed E-state index contributed by atoms with van der Waals surface area (Å²) >= 11 is 0. The third-order valence-electron chi connectivity index (χ3n) is 2.06. The number of likely N-dealkylation sites (tertiary alicyclic amines) is 1. The lowest BCUT2D eigenvalue weighted by Crippen LogP contribution is -2.19. The Kier molecular flexibility index (Phi) is 3.68. The predicted octanol–water partition coefficient (Wildman–Crippen LogP) is 1.08. The zero-order valence-electron chi connectivity index (χ0n) is 8.58. The van der Waals surface area contributed by atoms with E-state index in [1.165, 1.54) is 0 Å². The van der Waals surface area contributed by atoms with Gasteiger partial charge >= 0.3 is 5.97 Å². The molecule has 1 saturated heterocycles. The summed E-state index contributed by atoms with van der Waals surface area (Å²) in [6.07, 6.45) is 3.02. The molecule has 0 aromatic carbocycles. The Labute approximate surface area is 83.5 Å². The first-order valence-electron chi connectivity index (χ1n) is 4.80. The number of esters is 1. The summed E-state index contributed by atoms with van der Waals surface area (Å²) in [5.41, 5.74) is 0.474. The van der Waals surface area contributed by atoms with Gasteiger partial charge in [-0.05, 0) is 20.3 Å². The summed E-state index contributed by atoms with van der Waals surface area (Å²) in [4.78, 5) is 24.0. The summed E-state index contributed by atoms with van der Waals surface area (Å²) in [7, 11) is 0. The van der Waals surface area contributed by atoms with Gasteiger partial charge < -0.3 is 9.64 Å². The summed E-state index contributed by atoms with van der Waals surface area (Å²) in [6.45, 7) is 4.48. The zero-order chi connectivity index (χ0) is 10.6. The lowest BCUT2D eigenvalue weighted by molar-refractivity contribution is -0.138. The van der Waals surface area contributed by atoms with Crippen LogP contribution in [-0.4, -0.2) is 29.9 Å². The van der Waals surface area contributed by atoms with Crippen LogP contribution >= 0.6 is 0 Å². The molecule has 1 fully saturated rings. The molecule has 4 heteroatoms. The molecule has 1 aliphatic heterocycles. The molecule has 4 nitrogen and oxygen atoms in total. The topological polar surface area (TPSA) is 46.6 Å². The second kappa shape index (κ2) is 4.79. The molecule has 0 aliphatic carbocycles. The second-order valence-electron chi connectivity index (χ2n) is 3.22. The average Bonchev–Trinajstić information content (AvgIpc) is 2.52. The third-order valence-corrected chi connectivity index (χ3v) is 2.06. The Hall–Kier alpha value is -1.32. The van der Waals surface area contributed by atoms with E-state index in [0.29, 0.717) is 25.1 Å². The van der Waals surface area contributed by atoms with Gasteiger partial charge in [0.2, 0.25) is 5.91 Å². The number of hydrogen-bond acceptors (Lipinski definition) is 3. The minimum absolute atomic E-state index is 0.0775. The lowest BCUT2D eigenvalue weighted by Gasteiger charge is -2.10. The van der Waals surface area contributed by atoms with E-state index in [4.69, 9.17) is 4.74 Å². The summed E-state index contributed by atoms with van der Waals surface area (Å²) < 4.78 is 4.80. The molecule has 1 amide bonds. The Balaban J connectivity index is 2.58. The third kappa shape index (κ3) is 2.58. The number of carbonyl (C=O) groups excluding carboxylic acids is 2. The number of ether oxygens (including phenoxy) is 1. The van der Waals surface area contributed by atoms with E-state index >= 15 is 0 Å². The van der Waals surface area contributed by atoms with Gasteiger partial charge in [0.15, 0.2) is 0 Å². The highest BCUT2D eigenvalue weighted by atomic mass is 16.5. The van der Waals surface area contributed by atoms with Crippen molar-refractivity contribution < 1.29 is 14.3 Å². The van der Waals surface area contributed by atoms with Crippen molar-refractivity contribution in [2.75, 3.05) is 13.2 Å². The maximum Gasteiger partial charge on any atom is 0.335 e. The Bertz CT molecular complexity index is 271. The van der Waals surface area contributed by atoms with Gasteiger partial charge in [0.05, 0.1) is 12.2 Å². The van der Waals surface area contributed by atoms with E-state index in [-0.39, 0.29) is 11.9 Å². The van der Waals surface area contributed by atoms with Crippen LogP contribution in [0.1, 0.15) is 26.7 Å². The summed E-state index contributed by atoms with van der Waals surface area (Å²) in [5, 5.41) is 0. The van der Waals surface area contributed by atoms with E-state index in [1.807, 2.05) is 0 Å². The van der Waals surface area contributed by atoms with Gasteiger partial charge in [-0.25, -0.2) is 4.79 Å². The van der Waals surface area contributed by atoms with Crippen LogP contribution in [0, 0.1) is 0 Å². The van der Waals surface area contributed by atoms with Crippen molar-refractivity contribution in [1.29, 1.82) is 0 Å². The van der Waals surface area contributed by atoms with Gasteiger partial charge in [-0.15, -0.1) is 0 Å². The molecule has 0 saturated carbocycles. The Morgan fingerprint density at radius 3 is 2.86 bits per heavy atom. The van der Waals surface area contributed by atoms with Crippen LogP contribution in [0.2, 0.25) is 0 Å². The normalized spacial score (nSPS) is 17.4. The van der Waals surface area contributed by atoms with Crippen LogP contribution in [0.4, 0.5) is 0 Å². The van der Waals surface area contributed by atoms with Crippen LogP contribution in [0.25, 0.3) is 0 Å². The van der Waals surface area contributed by atoms with Gasteiger partial charge in [0.25, 0.3) is 0 Å². The van der Waals surface area contributed by atoms with E-state index in [1.54, 1.807) is 24.9 Å². The van der Waals surface area contributed by atoms with Crippen LogP contribution in [-0.2, 0) is 14.3 Å². The molecule has 0 N–H and O–H groups in total.